The molecule has 4 aliphatic heterocycles. The van der Waals surface area contributed by atoms with Crippen LogP contribution in [0.2, 0.25) is 5.15 Å². The molecular weight excluding hydrogens is 807 g/mol. The van der Waals surface area contributed by atoms with Crippen molar-refractivity contribution in [3.05, 3.63) is 91.1 Å². The van der Waals surface area contributed by atoms with Gasteiger partial charge in [0.15, 0.2) is 23.3 Å². The van der Waals surface area contributed by atoms with Gasteiger partial charge in [-0.3, -0.25) is 40.6 Å². The SMILES string of the molecule is O=C(Nc1cnccn1)N1c2nc(-c3ccn[nH]3)ccc2N2CC[C@H]1C2.O=C(Nc1cnccn1)N1c2nc(Cl)ccc2N2CC[C@H]1C2.OB(O)c1ccn[nH]1.S.S. The Morgan fingerprint density at radius 2 is 1.26 bits per heavy atom. The number of hydrogen-bond donors (Lipinski definition) is 6. The zero-order valence-electron chi connectivity index (χ0n) is 30.5. The van der Waals surface area contributed by atoms with Crippen LogP contribution in [0.4, 0.5) is 44.2 Å². The van der Waals surface area contributed by atoms with Crippen LogP contribution >= 0.6 is 38.6 Å². The molecule has 4 bridgehead atoms. The third-order valence-corrected chi connectivity index (χ3v) is 9.69. The predicted octanol–water partition coefficient (Wildman–Crippen LogP) is 2.36. The van der Waals surface area contributed by atoms with Gasteiger partial charge in [0.2, 0.25) is 0 Å². The standard InChI is InChI=1S/C17H16N8O.C14H13ClN6O.C3H5BN2O2.2H2S/c26-17(22-15-9-18-6-7-19-15)25-11-4-8-24(10-11)14-2-1-12(21-16(14)25)13-3-5-20-23-13;15-11-2-1-10-13(18-11)21(9-3-6-20(10)8-9)14(22)19-12-7-16-4-5-17-12;7-4(8)3-1-2-5-6-3;;/h1-3,5-7,9,11H,4,8,10H2,(H,20,23)(H,19,22,26);1-2,4-5,7,9H,3,6,8H2,(H,17,19,22);1-2,7-8H,(H,5,6);2*1H2/t11-;9-;;;/m00.../s1. The van der Waals surface area contributed by atoms with E-state index in [4.69, 9.17) is 26.6 Å². The van der Waals surface area contributed by atoms with Gasteiger partial charge in [0.25, 0.3) is 0 Å². The minimum Gasteiger partial charge on any atom is -0.422 e. The second-order valence-corrected chi connectivity index (χ2v) is 13.3. The molecule has 2 saturated heterocycles. The van der Waals surface area contributed by atoms with Crippen LogP contribution in [0.25, 0.3) is 11.4 Å². The first-order valence-corrected chi connectivity index (χ1v) is 18.0. The van der Waals surface area contributed by atoms with Crippen LogP contribution in [-0.4, -0.2) is 118 Å². The van der Waals surface area contributed by atoms with Crippen molar-refractivity contribution in [2.24, 2.45) is 0 Å². The van der Waals surface area contributed by atoms with E-state index in [9.17, 15) is 9.59 Å². The van der Waals surface area contributed by atoms with E-state index in [0.29, 0.717) is 34.0 Å². The van der Waals surface area contributed by atoms with Crippen molar-refractivity contribution in [2.45, 2.75) is 24.9 Å². The first kappa shape index (κ1) is 41.6. The van der Waals surface area contributed by atoms with E-state index in [1.807, 2.05) is 24.3 Å². The van der Waals surface area contributed by atoms with Gasteiger partial charge in [-0.25, -0.2) is 29.5 Å². The first-order valence-electron chi connectivity index (χ1n) is 17.6. The number of rotatable bonds is 4. The number of nitrogens with one attached hydrogen (secondary N) is 4. The lowest BCUT2D eigenvalue weighted by Crippen LogP contribution is -2.48. The number of urea groups is 2. The highest BCUT2D eigenvalue weighted by molar-refractivity contribution is 7.59. The van der Waals surface area contributed by atoms with Crippen molar-refractivity contribution in [1.29, 1.82) is 0 Å². The third kappa shape index (κ3) is 8.92. The zero-order valence-corrected chi connectivity index (χ0v) is 33.3. The van der Waals surface area contributed by atoms with E-state index in [0.717, 1.165) is 61.8 Å². The maximum atomic E-state index is 13.0. The molecule has 0 saturated carbocycles. The van der Waals surface area contributed by atoms with Gasteiger partial charge in [-0.1, -0.05) is 11.6 Å². The summed E-state index contributed by atoms with van der Waals surface area (Å²) in [7, 11) is -1.43. The van der Waals surface area contributed by atoms with Crippen molar-refractivity contribution in [3.8, 4) is 11.4 Å². The van der Waals surface area contributed by atoms with Crippen LogP contribution in [0.1, 0.15) is 12.8 Å². The number of carbonyl (C=O) groups excluding carboxylic acids is 2. The fourth-order valence-corrected chi connectivity index (χ4v) is 7.09. The lowest BCUT2D eigenvalue weighted by molar-refractivity contribution is 0.254. The van der Waals surface area contributed by atoms with Crippen LogP contribution < -0.4 is 35.8 Å². The topological polar surface area (TPSA) is 246 Å². The molecular formula is C34H38BClN16O4S2. The molecule has 0 aliphatic carbocycles. The summed E-state index contributed by atoms with van der Waals surface area (Å²) in [6, 6.07) is 10.6. The number of H-pyrrole nitrogens is 2. The number of hydrogen-bond acceptors (Lipinski definition) is 14. The second kappa shape index (κ2) is 18.5. The van der Waals surface area contributed by atoms with Crippen molar-refractivity contribution >= 4 is 98.0 Å². The maximum absolute atomic E-state index is 13.0. The largest absolute Gasteiger partial charge is 0.507 e. The molecule has 4 aliphatic rings. The van der Waals surface area contributed by atoms with E-state index in [2.05, 4.69) is 65.7 Å². The number of aromatic nitrogens is 10. The summed E-state index contributed by atoms with van der Waals surface area (Å²) < 4.78 is 0. The molecule has 4 amide bonds. The molecule has 20 nitrogen and oxygen atoms in total. The summed E-state index contributed by atoms with van der Waals surface area (Å²) in [5.74, 6) is 2.09. The van der Waals surface area contributed by atoms with Crippen LogP contribution in [-0.2, 0) is 0 Å². The zero-order chi connectivity index (χ0) is 38.6. The Bertz CT molecular complexity index is 2290. The van der Waals surface area contributed by atoms with Gasteiger partial charge in [0.1, 0.15) is 5.15 Å². The quantitative estimate of drug-likeness (QED) is 0.110. The molecule has 24 heteroatoms. The summed E-state index contributed by atoms with van der Waals surface area (Å²) in [6.45, 7) is 3.45. The van der Waals surface area contributed by atoms with Gasteiger partial charge >= 0.3 is 19.2 Å². The van der Waals surface area contributed by atoms with Gasteiger partial charge < -0.3 is 19.8 Å². The number of anilines is 6. The molecule has 0 radical (unpaired) electrons. The summed E-state index contributed by atoms with van der Waals surface area (Å²) in [5, 5.41) is 35.5. The number of pyridine rings is 2. The Hall–Kier alpha value is -6.01. The molecule has 6 N–H and O–H groups in total. The molecule has 6 aromatic rings. The smallest absolute Gasteiger partial charge is 0.422 e. The van der Waals surface area contributed by atoms with Gasteiger partial charge in [-0.05, 0) is 49.2 Å². The van der Waals surface area contributed by atoms with Crippen molar-refractivity contribution in [3.63, 3.8) is 0 Å². The molecule has 2 fully saturated rings. The molecule has 2 atom stereocenters. The van der Waals surface area contributed by atoms with E-state index in [-0.39, 0.29) is 51.1 Å². The predicted molar refractivity (Wildman–Crippen MR) is 229 cm³/mol. The van der Waals surface area contributed by atoms with Gasteiger partial charge in [0, 0.05) is 63.4 Å². The molecule has 10 rings (SSSR count). The van der Waals surface area contributed by atoms with Crippen LogP contribution in [0, 0.1) is 0 Å². The molecule has 300 valence electrons. The van der Waals surface area contributed by atoms with E-state index < -0.39 is 7.12 Å². The van der Waals surface area contributed by atoms with E-state index in [1.54, 1.807) is 40.7 Å². The Morgan fingerprint density at radius 3 is 1.74 bits per heavy atom. The minimum atomic E-state index is -1.43. The summed E-state index contributed by atoms with van der Waals surface area (Å²) in [4.78, 5) is 58.8. The highest BCUT2D eigenvalue weighted by Gasteiger charge is 2.41. The Morgan fingerprint density at radius 1 is 0.707 bits per heavy atom. The maximum Gasteiger partial charge on any atom is 0.507 e. The summed E-state index contributed by atoms with van der Waals surface area (Å²) in [5.41, 5.74) is 3.78. The Kier molecular flexibility index (Phi) is 13.3. The minimum absolute atomic E-state index is 0. The number of amides is 4. The van der Waals surface area contributed by atoms with Gasteiger partial charge in [0.05, 0.1) is 52.8 Å². The lowest BCUT2D eigenvalue weighted by Gasteiger charge is -2.35. The molecule has 6 aromatic heterocycles. The number of carbonyl (C=O) groups is 2. The Labute approximate surface area is 350 Å². The lowest BCUT2D eigenvalue weighted by atomic mass is 9.87. The van der Waals surface area contributed by atoms with Crippen LogP contribution in [0.15, 0.2) is 86.0 Å². The number of fused-ring (bicyclic) bond motifs is 8. The third-order valence-electron chi connectivity index (χ3n) is 9.48. The van der Waals surface area contributed by atoms with Gasteiger partial charge in [-0.15, -0.1) is 0 Å². The average molecular weight is 845 g/mol. The van der Waals surface area contributed by atoms with Crippen LogP contribution in [0.3, 0.4) is 0 Å². The molecule has 10 heterocycles. The van der Waals surface area contributed by atoms with Gasteiger partial charge in [-0.2, -0.15) is 37.2 Å². The van der Waals surface area contributed by atoms with E-state index >= 15 is 0 Å². The number of aromatic amines is 2. The molecule has 0 spiro atoms. The fourth-order valence-electron chi connectivity index (χ4n) is 6.95. The van der Waals surface area contributed by atoms with Crippen molar-refractivity contribution in [1.82, 2.24) is 50.3 Å². The average Bonchev–Trinajstić information content (AvgIpc) is 4.05. The van der Waals surface area contributed by atoms with Crippen LogP contribution in [0.5, 0.6) is 0 Å². The highest BCUT2D eigenvalue weighted by atomic mass is 35.5. The highest BCUT2D eigenvalue weighted by Crippen LogP contribution is 2.41. The Balaban J connectivity index is 0.000000161. The van der Waals surface area contributed by atoms with Crippen molar-refractivity contribution in [2.75, 3.05) is 56.4 Å². The normalized spacial score (nSPS) is 16.5. The van der Waals surface area contributed by atoms with Crippen molar-refractivity contribution < 1.29 is 19.6 Å². The molecule has 58 heavy (non-hydrogen) atoms. The summed E-state index contributed by atoms with van der Waals surface area (Å²) >= 11 is 6.01. The second-order valence-electron chi connectivity index (χ2n) is 12.9. The monoisotopic (exact) mass is 844 g/mol. The number of halogens is 1. The summed E-state index contributed by atoms with van der Waals surface area (Å²) in [6.07, 6.45) is 14.2. The molecule has 0 aromatic carbocycles. The number of nitrogens with zero attached hydrogens (tertiary/aromatic N) is 12. The first-order chi connectivity index (χ1) is 27.3. The van der Waals surface area contributed by atoms with E-state index in [1.165, 1.54) is 30.9 Å². The fraction of sp³-hybridized carbons (Fsp3) is 0.235. The molecule has 0 unspecified atom stereocenters.